The van der Waals surface area contributed by atoms with Crippen LogP contribution in [-0.4, -0.2) is 41.8 Å². The Bertz CT molecular complexity index is 1240. The van der Waals surface area contributed by atoms with E-state index in [0.717, 1.165) is 5.56 Å². The molecule has 3 aromatic carbocycles. The maximum Gasteiger partial charge on any atom is 0.257 e. The standard InChI is InChI=1S/C25H27N3O5/c1-14(2)19(18(29)13-15-9-6-5-7-10-15)27-21-20(23(31)24(21)32)26-17-12-8-11-16(22(17)30)25(33)28(3)4/h5-12,14,19,26-27,30H,13H2,1-4H3/t19-/m1/s1. The highest BCUT2D eigenvalue weighted by molar-refractivity contribution is 5.99. The van der Waals surface area contributed by atoms with Gasteiger partial charge in [0.15, 0.2) is 11.5 Å². The summed E-state index contributed by atoms with van der Waals surface area (Å²) in [5.74, 6) is -1.01. The van der Waals surface area contributed by atoms with E-state index in [2.05, 4.69) is 10.6 Å². The fourth-order valence-electron chi connectivity index (χ4n) is 3.52. The van der Waals surface area contributed by atoms with Crippen LogP contribution in [0.3, 0.4) is 0 Å². The second kappa shape index (κ2) is 9.68. The summed E-state index contributed by atoms with van der Waals surface area (Å²) in [7, 11) is 3.11. The number of hydrogen-bond acceptors (Lipinski definition) is 7. The number of nitrogens with zero attached hydrogens (tertiary/aromatic N) is 1. The Morgan fingerprint density at radius 1 is 0.939 bits per heavy atom. The van der Waals surface area contributed by atoms with Gasteiger partial charge in [0.1, 0.15) is 11.4 Å². The summed E-state index contributed by atoms with van der Waals surface area (Å²) in [6.07, 6.45) is 0.185. The van der Waals surface area contributed by atoms with Gasteiger partial charge in [0.25, 0.3) is 16.8 Å². The second-order valence-electron chi connectivity index (χ2n) is 8.43. The third-order valence-corrected chi connectivity index (χ3v) is 5.38. The molecule has 0 aliphatic heterocycles. The zero-order valence-electron chi connectivity index (χ0n) is 19.0. The van der Waals surface area contributed by atoms with E-state index in [4.69, 9.17) is 0 Å². The molecule has 8 heteroatoms. The summed E-state index contributed by atoms with van der Waals surface area (Å²) < 4.78 is 0. The monoisotopic (exact) mass is 449 g/mol. The van der Waals surface area contributed by atoms with E-state index in [9.17, 15) is 24.3 Å². The van der Waals surface area contributed by atoms with Crippen molar-refractivity contribution in [2.45, 2.75) is 26.3 Å². The van der Waals surface area contributed by atoms with Crippen LogP contribution in [-0.2, 0) is 11.2 Å². The van der Waals surface area contributed by atoms with Crippen LogP contribution in [0.1, 0.15) is 29.8 Å². The number of carbonyl (C=O) groups excluding carboxylic acids is 2. The van der Waals surface area contributed by atoms with Crippen LogP contribution < -0.4 is 21.5 Å². The summed E-state index contributed by atoms with van der Waals surface area (Å²) in [4.78, 5) is 51.1. The maximum absolute atomic E-state index is 12.9. The normalized spacial score (nSPS) is 11.9. The number of phenols is 1. The Morgan fingerprint density at radius 3 is 2.18 bits per heavy atom. The molecule has 1 atom stereocenters. The highest BCUT2D eigenvalue weighted by atomic mass is 16.3. The number of benzene rings is 2. The van der Waals surface area contributed by atoms with E-state index in [1.807, 2.05) is 44.2 Å². The largest absolute Gasteiger partial charge is 0.505 e. The molecule has 3 aromatic rings. The summed E-state index contributed by atoms with van der Waals surface area (Å²) in [6, 6.07) is 13.1. The van der Waals surface area contributed by atoms with Gasteiger partial charge in [0.05, 0.1) is 17.3 Å². The molecule has 33 heavy (non-hydrogen) atoms. The molecule has 3 N–H and O–H groups in total. The minimum absolute atomic E-state index is 0.0103. The van der Waals surface area contributed by atoms with Gasteiger partial charge in [-0.2, -0.15) is 0 Å². The number of phenolic OH excluding ortho intramolecular Hbond substituents is 1. The van der Waals surface area contributed by atoms with Crippen molar-refractivity contribution in [3.63, 3.8) is 0 Å². The lowest BCUT2D eigenvalue weighted by Gasteiger charge is -2.25. The van der Waals surface area contributed by atoms with E-state index in [0.29, 0.717) is 0 Å². The lowest BCUT2D eigenvalue weighted by molar-refractivity contribution is -0.119. The number of amides is 1. The van der Waals surface area contributed by atoms with E-state index in [1.54, 1.807) is 20.2 Å². The fraction of sp³-hybridized carbons (Fsp3) is 0.280. The van der Waals surface area contributed by atoms with Crippen molar-refractivity contribution in [1.29, 1.82) is 0 Å². The van der Waals surface area contributed by atoms with Crippen LogP contribution in [0.4, 0.5) is 17.1 Å². The molecule has 0 heterocycles. The van der Waals surface area contributed by atoms with E-state index in [1.165, 1.54) is 17.0 Å². The van der Waals surface area contributed by atoms with Gasteiger partial charge in [0, 0.05) is 20.5 Å². The zero-order valence-corrected chi connectivity index (χ0v) is 19.0. The molecule has 0 spiro atoms. The Balaban J connectivity index is 1.86. The van der Waals surface area contributed by atoms with Gasteiger partial charge in [0.2, 0.25) is 0 Å². The van der Waals surface area contributed by atoms with Gasteiger partial charge < -0.3 is 20.6 Å². The number of para-hydroxylation sites is 1. The molecule has 172 valence electrons. The minimum atomic E-state index is -0.765. The van der Waals surface area contributed by atoms with Gasteiger partial charge in [-0.1, -0.05) is 50.2 Å². The zero-order chi connectivity index (χ0) is 24.3. The number of anilines is 3. The van der Waals surface area contributed by atoms with Crippen LogP contribution in [0.25, 0.3) is 0 Å². The molecule has 0 aliphatic rings. The van der Waals surface area contributed by atoms with Crippen LogP contribution in [0.5, 0.6) is 5.75 Å². The summed E-state index contributed by atoms with van der Waals surface area (Å²) in [5.41, 5.74) is -0.557. The highest BCUT2D eigenvalue weighted by Crippen LogP contribution is 2.32. The van der Waals surface area contributed by atoms with Crippen LogP contribution in [0, 0.1) is 5.92 Å². The average Bonchev–Trinajstić information content (AvgIpc) is 2.79. The van der Waals surface area contributed by atoms with E-state index >= 15 is 0 Å². The number of carbonyl (C=O) groups is 2. The quantitative estimate of drug-likeness (QED) is 0.340. The predicted octanol–water partition coefficient (Wildman–Crippen LogP) is 2.68. The summed E-state index contributed by atoms with van der Waals surface area (Å²) in [6.45, 7) is 3.70. The second-order valence-corrected chi connectivity index (χ2v) is 8.43. The first-order valence-electron chi connectivity index (χ1n) is 10.6. The van der Waals surface area contributed by atoms with Crippen molar-refractivity contribution in [3.05, 3.63) is 80.1 Å². The van der Waals surface area contributed by atoms with Crippen molar-refractivity contribution in [2.75, 3.05) is 24.7 Å². The van der Waals surface area contributed by atoms with Crippen molar-refractivity contribution >= 4 is 28.8 Å². The number of ketones is 1. The molecule has 8 nitrogen and oxygen atoms in total. The van der Waals surface area contributed by atoms with Gasteiger partial charge in [-0.25, -0.2) is 0 Å². The molecule has 0 fully saturated rings. The number of hydrogen-bond donors (Lipinski definition) is 3. The molecule has 0 saturated carbocycles. The third-order valence-electron chi connectivity index (χ3n) is 5.38. The fourth-order valence-corrected chi connectivity index (χ4v) is 3.52. The molecule has 0 radical (unpaired) electrons. The highest BCUT2D eigenvalue weighted by Gasteiger charge is 2.29. The lowest BCUT2D eigenvalue weighted by atomic mass is 9.94. The number of nitrogens with one attached hydrogen (secondary N) is 2. The number of rotatable bonds is 9. The number of aromatic hydroxyl groups is 1. The van der Waals surface area contributed by atoms with Crippen molar-refractivity contribution in [2.24, 2.45) is 5.92 Å². The Hall–Kier alpha value is -3.94. The lowest BCUT2D eigenvalue weighted by Crippen LogP contribution is -2.43. The average molecular weight is 450 g/mol. The molecule has 0 saturated heterocycles. The number of Topliss-reactive ketones (excluding diaryl/α,β-unsaturated/α-hetero) is 1. The first kappa shape index (κ1) is 23.7. The Kier molecular flexibility index (Phi) is 6.96. The van der Waals surface area contributed by atoms with Gasteiger partial charge in [-0.15, -0.1) is 0 Å². The third kappa shape index (κ3) is 4.95. The molecular formula is C25H27N3O5. The molecule has 3 rings (SSSR count). The van der Waals surface area contributed by atoms with Gasteiger partial charge >= 0.3 is 0 Å². The van der Waals surface area contributed by atoms with Crippen molar-refractivity contribution < 1.29 is 14.7 Å². The maximum atomic E-state index is 12.9. The van der Waals surface area contributed by atoms with Crippen molar-refractivity contribution in [3.8, 4) is 5.75 Å². The molecule has 1 amide bonds. The van der Waals surface area contributed by atoms with Crippen molar-refractivity contribution in [1.82, 2.24) is 4.90 Å². The Morgan fingerprint density at radius 2 is 1.58 bits per heavy atom. The molecule has 0 aromatic heterocycles. The Labute approximate surface area is 191 Å². The first-order valence-corrected chi connectivity index (χ1v) is 10.6. The van der Waals surface area contributed by atoms with Gasteiger partial charge in [-0.3, -0.25) is 19.2 Å². The topological polar surface area (TPSA) is 116 Å². The minimum Gasteiger partial charge on any atom is -0.505 e. The first-order chi connectivity index (χ1) is 15.6. The summed E-state index contributed by atoms with van der Waals surface area (Å²) in [5, 5.41) is 16.2. The SMILES string of the molecule is CC(C)[C@@H](Nc1c(Nc2cccc(C(=O)N(C)C)c2O)c(=O)c1=O)C(=O)Cc1ccccc1. The summed E-state index contributed by atoms with van der Waals surface area (Å²) >= 11 is 0. The van der Waals surface area contributed by atoms with E-state index in [-0.39, 0.29) is 46.5 Å². The van der Waals surface area contributed by atoms with E-state index < -0.39 is 22.8 Å². The molecule has 0 bridgehead atoms. The van der Waals surface area contributed by atoms with Crippen LogP contribution >= 0.6 is 0 Å². The predicted molar refractivity (Wildman–Crippen MR) is 128 cm³/mol. The molecule has 0 unspecified atom stereocenters. The van der Waals surface area contributed by atoms with Crippen LogP contribution in [0.15, 0.2) is 58.1 Å². The molecule has 0 aliphatic carbocycles. The smallest absolute Gasteiger partial charge is 0.257 e. The van der Waals surface area contributed by atoms with Crippen LogP contribution in [0.2, 0.25) is 0 Å². The molecular weight excluding hydrogens is 422 g/mol. The van der Waals surface area contributed by atoms with Gasteiger partial charge in [-0.05, 0) is 23.6 Å².